The largest absolute Gasteiger partial charge is 0.463 e. The molecule has 29 heavy (non-hydrogen) atoms. The molecule has 1 aliphatic rings. The molecule has 1 saturated carbocycles. The molecule has 0 aromatic heterocycles. The monoisotopic (exact) mass is 403 g/mol. The molecular weight excluding hydrogens is 376 g/mol. The van der Waals surface area contributed by atoms with Gasteiger partial charge < -0.3 is 15.2 Å². The average Bonchev–Trinajstić information content (AvgIpc) is 3.11. The molecule has 2 N–H and O–H groups in total. The van der Waals surface area contributed by atoms with Gasteiger partial charge in [-0.2, -0.15) is 0 Å². The van der Waals surface area contributed by atoms with Crippen molar-refractivity contribution in [3.63, 3.8) is 0 Å². The Kier molecular flexibility index (Phi) is 6.98. The van der Waals surface area contributed by atoms with Crippen LogP contribution in [0.3, 0.4) is 0 Å². The number of benzene rings is 2. The predicted molar refractivity (Wildman–Crippen MR) is 106 cm³/mol. The summed E-state index contributed by atoms with van der Waals surface area (Å²) in [5.74, 6) is -4.59. The molecule has 0 spiro atoms. The van der Waals surface area contributed by atoms with Crippen LogP contribution in [0.1, 0.15) is 36.8 Å². The summed E-state index contributed by atoms with van der Waals surface area (Å²) in [6.07, 6.45) is -0.216. The number of esters is 1. The Morgan fingerprint density at radius 1 is 1.14 bits per heavy atom. The van der Waals surface area contributed by atoms with Crippen molar-refractivity contribution in [2.75, 3.05) is 13.2 Å². The maximum atomic E-state index is 13.8. The molecule has 1 aliphatic carbocycles. The van der Waals surface area contributed by atoms with E-state index in [0.29, 0.717) is 25.1 Å². The van der Waals surface area contributed by atoms with Gasteiger partial charge in [0.25, 0.3) is 0 Å². The molecule has 0 saturated heterocycles. The minimum absolute atomic E-state index is 0.0755. The van der Waals surface area contributed by atoms with Gasteiger partial charge in [-0.15, -0.1) is 0 Å². The van der Waals surface area contributed by atoms with E-state index in [9.17, 15) is 18.7 Å². The summed E-state index contributed by atoms with van der Waals surface area (Å²) in [6.45, 7) is 1.45. The summed E-state index contributed by atoms with van der Waals surface area (Å²) in [4.78, 5) is 12.8. The lowest BCUT2D eigenvalue weighted by atomic mass is 9.80. The highest BCUT2D eigenvalue weighted by Crippen LogP contribution is 2.47. The third kappa shape index (κ3) is 5.40. The smallest absolute Gasteiger partial charge is 0.343 e. The molecular formula is C23H27F2NO3. The number of aliphatic hydroxyl groups is 1. The SMILES string of the molecule is O=C(OCCCNCc1ccccc1)C(O)(c1ccccc1)C1CCC(F)(F)C1. The number of halogens is 2. The van der Waals surface area contributed by atoms with E-state index in [4.69, 9.17) is 4.74 Å². The van der Waals surface area contributed by atoms with Gasteiger partial charge in [0.05, 0.1) is 6.61 Å². The molecule has 156 valence electrons. The van der Waals surface area contributed by atoms with Gasteiger partial charge in [-0.1, -0.05) is 60.7 Å². The van der Waals surface area contributed by atoms with Gasteiger partial charge in [-0.05, 0) is 30.5 Å². The van der Waals surface area contributed by atoms with Crippen LogP contribution in [-0.4, -0.2) is 30.2 Å². The van der Waals surface area contributed by atoms with Gasteiger partial charge >= 0.3 is 5.97 Å². The highest BCUT2D eigenvalue weighted by Gasteiger charge is 2.54. The summed E-state index contributed by atoms with van der Waals surface area (Å²) in [7, 11) is 0. The van der Waals surface area contributed by atoms with E-state index < -0.39 is 29.8 Å². The van der Waals surface area contributed by atoms with Crippen LogP contribution in [0, 0.1) is 5.92 Å². The van der Waals surface area contributed by atoms with E-state index in [-0.39, 0.29) is 19.4 Å². The lowest BCUT2D eigenvalue weighted by molar-refractivity contribution is -0.174. The molecule has 4 nitrogen and oxygen atoms in total. The van der Waals surface area contributed by atoms with Crippen LogP contribution in [0.4, 0.5) is 8.78 Å². The van der Waals surface area contributed by atoms with E-state index in [1.165, 1.54) is 0 Å². The molecule has 0 amide bonds. The number of carbonyl (C=O) groups excluding carboxylic acids is 1. The van der Waals surface area contributed by atoms with Crippen molar-refractivity contribution >= 4 is 5.97 Å². The number of alkyl halides is 2. The van der Waals surface area contributed by atoms with Gasteiger partial charge in [-0.25, -0.2) is 13.6 Å². The second-order valence-corrected chi connectivity index (χ2v) is 7.58. The van der Waals surface area contributed by atoms with Gasteiger partial charge in [0.1, 0.15) is 0 Å². The molecule has 0 heterocycles. The van der Waals surface area contributed by atoms with Gasteiger partial charge in [0.2, 0.25) is 5.92 Å². The number of ether oxygens (including phenoxy) is 1. The fraction of sp³-hybridized carbons (Fsp3) is 0.435. The standard InChI is InChI=1S/C23H27F2NO3/c24-22(25)13-12-20(16-22)23(28,19-10-5-2-6-11-19)21(27)29-15-7-14-26-17-18-8-3-1-4-9-18/h1-6,8-11,20,26,28H,7,12-17H2. The number of carbonyl (C=O) groups is 1. The number of rotatable bonds is 9. The maximum Gasteiger partial charge on any atom is 0.343 e. The van der Waals surface area contributed by atoms with Crippen molar-refractivity contribution in [3.05, 3.63) is 71.8 Å². The third-order valence-electron chi connectivity index (χ3n) is 5.42. The summed E-state index contributed by atoms with van der Waals surface area (Å²) in [5.41, 5.74) is -0.599. The Balaban J connectivity index is 1.55. The van der Waals surface area contributed by atoms with Crippen LogP contribution >= 0.6 is 0 Å². The van der Waals surface area contributed by atoms with E-state index in [0.717, 1.165) is 5.56 Å². The normalized spacial score (nSPS) is 20.2. The van der Waals surface area contributed by atoms with Gasteiger partial charge in [0.15, 0.2) is 5.60 Å². The molecule has 0 aliphatic heterocycles. The maximum absolute atomic E-state index is 13.8. The lowest BCUT2D eigenvalue weighted by Crippen LogP contribution is -2.44. The zero-order valence-electron chi connectivity index (χ0n) is 16.3. The van der Waals surface area contributed by atoms with Crippen LogP contribution in [0.2, 0.25) is 0 Å². The van der Waals surface area contributed by atoms with Crippen molar-refractivity contribution in [3.8, 4) is 0 Å². The van der Waals surface area contributed by atoms with Crippen molar-refractivity contribution in [2.45, 2.75) is 43.8 Å². The van der Waals surface area contributed by atoms with Gasteiger partial charge in [0, 0.05) is 25.3 Å². The fourth-order valence-electron chi connectivity index (χ4n) is 3.82. The molecule has 2 aromatic carbocycles. The van der Waals surface area contributed by atoms with Crippen molar-refractivity contribution in [1.82, 2.24) is 5.32 Å². The highest BCUT2D eigenvalue weighted by atomic mass is 19.3. The zero-order chi connectivity index (χ0) is 20.7. The van der Waals surface area contributed by atoms with Crippen LogP contribution in [0.25, 0.3) is 0 Å². The first-order chi connectivity index (χ1) is 13.9. The van der Waals surface area contributed by atoms with Crippen LogP contribution < -0.4 is 5.32 Å². The quantitative estimate of drug-likeness (QED) is 0.490. The van der Waals surface area contributed by atoms with E-state index in [2.05, 4.69) is 5.32 Å². The Bertz CT molecular complexity index is 785. The zero-order valence-corrected chi connectivity index (χ0v) is 16.3. The minimum Gasteiger partial charge on any atom is -0.463 e. The van der Waals surface area contributed by atoms with E-state index in [1.807, 2.05) is 30.3 Å². The molecule has 3 rings (SSSR count). The molecule has 2 aromatic rings. The molecule has 6 heteroatoms. The van der Waals surface area contributed by atoms with Crippen molar-refractivity contribution in [1.29, 1.82) is 0 Å². The first kappa shape index (κ1) is 21.4. The first-order valence-electron chi connectivity index (χ1n) is 9.99. The summed E-state index contributed by atoms with van der Waals surface area (Å²) in [6, 6.07) is 18.2. The molecule has 2 atom stereocenters. The highest BCUT2D eigenvalue weighted by molar-refractivity contribution is 5.81. The fourth-order valence-corrected chi connectivity index (χ4v) is 3.82. The van der Waals surface area contributed by atoms with Crippen molar-refractivity contribution in [2.24, 2.45) is 5.92 Å². The number of hydrogen-bond donors (Lipinski definition) is 2. The Labute approximate surface area is 169 Å². The number of hydrogen-bond acceptors (Lipinski definition) is 4. The van der Waals surface area contributed by atoms with Crippen molar-refractivity contribution < 1.29 is 23.4 Å². The lowest BCUT2D eigenvalue weighted by Gasteiger charge is -2.32. The third-order valence-corrected chi connectivity index (χ3v) is 5.42. The predicted octanol–water partition coefficient (Wildman–Crippen LogP) is 4.03. The summed E-state index contributed by atoms with van der Waals surface area (Å²) >= 11 is 0. The number of nitrogens with one attached hydrogen (secondary N) is 1. The summed E-state index contributed by atoms with van der Waals surface area (Å²) < 4.78 is 32.8. The Morgan fingerprint density at radius 2 is 1.79 bits per heavy atom. The van der Waals surface area contributed by atoms with Crippen LogP contribution in [0.15, 0.2) is 60.7 Å². The second kappa shape index (κ2) is 9.46. The van der Waals surface area contributed by atoms with E-state index >= 15 is 0 Å². The Hall–Kier alpha value is -2.31. The molecule has 0 bridgehead atoms. The van der Waals surface area contributed by atoms with E-state index in [1.54, 1.807) is 30.3 Å². The minimum atomic E-state index is -2.87. The second-order valence-electron chi connectivity index (χ2n) is 7.58. The van der Waals surface area contributed by atoms with Crippen LogP contribution in [-0.2, 0) is 21.7 Å². The average molecular weight is 403 g/mol. The topological polar surface area (TPSA) is 58.6 Å². The summed E-state index contributed by atoms with van der Waals surface area (Å²) in [5, 5.41) is 14.5. The van der Waals surface area contributed by atoms with Crippen LogP contribution in [0.5, 0.6) is 0 Å². The molecule has 2 unspecified atom stereocenters. The van der Waals surface area contributed by atoms with Gasteiger partial charge in [-0.3, -0.25) is 0 Å². The first-order valence-corrected chi connectivity index (χ1v) is 9.99. The molecule has 1 fully saturated rings. The Morgan fingerprint density at radius 3 is 2.41 bits per heavy atom. The molecule has 0 radical (unpaired) electrons.